The summed E-state index contributed by atoms with van der Waals surface area (Å²) in [7, 11) is 0. The van der Waals surface area contributed by atoms with Crippen LogP contribution in [0.3, 0.4) is 0 Å². The van der Waals surface area contributed by atoms with Crippen LogP contribution in [-0.4, -0.2) is 42.0 Å². The van der Waals surface area contributed by atoms with Crippen molar-refractivity contribution in [2.45, 2.75) is 6.42 Å². The molecule has 1 saturated heterocycles. The van der Waals surface area contributed by atoms with Crippen LogP contribution in [0.1, 0.15) is 5.69 Å². The van der Waals surface area contributed by atoms with E-state index in [1.165, 1.54) is 0 Å². The molecule has 1 aliphatic rings. The Labute approximate surface area is 127 Å². The van der Waals surface area contributed by atoms with Gasteiger partial charge < -0.3 is 14.6 Å². The van der Waals surface area contributed by atoms with E-state index in [1.807, 2.05) is 17.0 Å². The zero-order chi connectivity index (χ0) is 14.7. The molecule has 5 nitrogen and oxygen atoms in total. The molecule has 1 fully saturated rings. The number of carbonyl (C=O) groups excluding carboxylic acids is 1. The van der Waals surface area contributed by atoms with E-state index in [2.05, 4.69) is 10.3 Å². The van der Waals surface area contributed by atoms with Gasteiger partial charge in [-0.25, -0.2) is 4.98 Å². The molecule has 1 N–H and O–H groups in total. The minimum absolute atomic E-state index is 0.0902. The lowest BCUT2D eigenvalue weighted by Crippen LogP contribution is -2.46. The first kappa shape index (κ1) is 14.1. The molecule has 0 saturated carbocycles. The van der Waals surface area contributed by atoms with Crippen LogP contribution >= 0.6 is 11.6 Å². The highest BCUT2D eigenvalue weighted by Crippen LogP contribution is 2.21. The summed E-state index contributed by atoms with van der Waals surface area (Å²) in [5.74, 6) is 0.599. The first-order valence-corrected chi connectivity index (χ1v) is 7.29. The molecular weight excluding hydrogens is 290 g/mol. The van der Waals surface area contributed by atoms with Crippen LogP contribution in [0.4, 0.5) is 0 Å². The predicted molar refractivity (Wildman–Crippen MR) is 80.1 cm³/mol. The average molecular weight is 306 g/mol. The molecule has 1 aromatic carbocycles. The molecule has 0 atom stereocenters. The number of nitrogens with one attached hydrogen (secondary N) is 1. The lowest BCUT2D eigenvalue weighted by Gasteiger charge is -2.27. The quantitative estimate of drug-likeness (QED) is 0.942. The average Bonchev–Trinajstić information content (AvgIpc) is 2.97. The summed E-state index contributed by atoms with van der Waals surface area (Å²) in [4.78, 5) is 18.4. The molecular formula is C15H16ClN3O2. The van der Waals surface area contributed by atoms with E-state index in [1.54, 1.807) is 18.4 Å². The van der Waals surface area contributed by atoms with Crippen molar-refractivity contribution in [1.82, 2.24) is 15.2 Å². The third kappa shape index (κ3) is 3.43. The number of oxazole rings is 1. The predicted octanol–water partition coefficient (Wildman–Crippen LogP) is 1.97. The Hall–Kier alpha value is -1.85. The van der Waals surface area contributed by atoms with Gasteiger partial charge in [0.05, 0.1) is 12.1 Å². The maximum Gasteiger partial charge on any atom is 0.228 e. The van der Waals surface area contributed by atoms with Crippen LogP contribution < -0.4 is 5.32 Å². The van der Waals surface area contributed by atoms with Crippen molar-refractivity contribution < 1.29 is 9.21 Å². The van der Waals surface area contributed by atoms with Crippen LogP contribution in [0.2, 0.25) is 5.02 Å². The number of halogens is 1. The van der Waals surface area contributed by atoms with Crippen molar-refractivity contribution in [2.24, 2.45) is 0 Å². The fourth-order valence-electron chi connectivity index (χ4n) is 2.29. The summed E-state index contributed by atoms with van der Waals surface area (Å²) >= 11 is 5.85. The van der Waals surface area contributed by atoms with E-state index in [9.17, 15) is 4.79 Å². The summed E-state index contributed by atoms with van der Waals surface area (Å²) in [5, 5.41) is 3.89. The van der Waals surface area contributed by atoms with Crippen molar-refractivity contribution in [2.75, 3.05) is 26.2 Å². The summed E-state index contributed by atoms with van der Waals surface area (Å²) in [6.07, 6.45) is 1.82. The first-order chi connectivity index (χ1) is 10.2. The zero-order valence-electron chi connectivity index (χ0n) is 11.5. The van der Waals surface area contributed by atoms with Gasteiger partial charge in [-0.15, -0.1) is 0 Å². The van der Waals surface area contributed by atoms with Gasteiger partial charge in [-0.1, -0.05) is 11.6 Å². The molecule has 3 rings (SSSR count). The largest absolute Gasteiger partial charge is 0.444 e. The highest BCUT2D eigenvalue weighted by molar-refractivity contribution is 6.30. The minimum Gasteiger partial charge on any atom is -0.444 e. The summed E-state index contributed by atoms with van der Waals surface area (Å²) in [6.45, 7) is 3.20. The topological polar surface area (TPSA) is 58.4 Å². The number of benzene rings is 1. The number of amides is 1. The van der Waals surface area contributed by atoms with Gasteiger partial charge >= 0.3 is 0 Å². The molecule has 0 unspecified atom stereocenters. The number of aromatic nitrogens is 1. The van der Waals surface area contributed by atoms with E-state index in [0.29, 0.717) is 16.6 Å². The molecule has 2 heterocycles. The number of piperazine rings is 1. The number of hydrogen-bond acceptors (Lipinski definition) is 4. The summed E-state index contributed by atoms with van der Waals surface area (Å²) in [5.41, 5.74) is 1.50. The maximum absolute atomic E-state index is 12.2. The number of carbonyl (C=O) groups is 1. The second-order valence-electron chi connectivity index (χ2n) is 4.96. The molecule has 0 radical (unpaired) electrons. The Morgan fingerprint density at radius 3 is 2.71 bits per heavy atom. The maximum atomic E-state index is 12.2. The SMILES string of the molecule is O=C(Cc1coc(-c2ccc(Cl)cc2)n1)N1CCNCC1. The number of nitrogens with zero attached hydrogens (tertiary/aromatic N) is 2. The van der Waals surface area contributed by atoms with Gasteiger partial charge in [0.15, 0.2) is 0 Å². The highest BCUT2D eigenvalue weighted by atomic mass is 35.5. The number of hydrogen-bond donors (Lipinski definition) is 1. The van der Waals surface area contributed by atoms with Gasteiger partial charge in [0.1, 0.15) is 6.26 Å². The van der Waals surface area contributed by atoms with Crippen molar-refractivity contribution in [3.8, 4) is 11.5 Å². The van der Waals surface area contributed by atoms with Gasteiger partial charge in [0.2, 0.25) is 11.8 Å². The molecule has 110 valence electrons. The smallest absolute Gasteiger partial charge is 0.228 e. The van der Waals surface area contributed by atoms with Crippen molar-refractivity contribution in [1.29, 1.82) is 0 Å². The lowest BCUT2D eigenvalue weighted by molar-refractivity contribution is -0.131. The molecule has 6 heteroatoms. The van der Waals surface area contributed by atoms with E-state index >= 15 is 0 Å². The second kappa shape index (κ2) is 6.28. The first-order valence-electron chi connectivity index (χ1n) is 6.91. The van der Waals surface area contributed by atoms with Crippen molar-refractivity contribution in [3.05, 3.63) is 41.2 Å². The fourth-order valence-corrected chi connectivity index (χ4v) is 2.42. The molecule has 0 spiro atoms. The zero-order valence-corrected chi connectivity index (χ0v) is 12.3. The fraction of sp³-hybridized carbons (Fsp3) is 0.333. The Kier molecular flexibility index (Phi) is 4.22. The van der Waals surface area contributed by atoms with Gasteiger partial charge in [-0.3, -0.25) is 4.79 Å². The molecule has 1 aromatic heterocycles. The lowest BCUT2D eigenvalue weighted by atomic mass is 10.2. The molecule has 21 heavy (non-hydrogen) atoms. The van der Waals surface area contributed by atoms with E-state index in [0.717, 1.165) is 31.7 Å². The van der Waals surface area contributed by atoms with E-state index < -0.39 is 0 Å². The van der Waals surface area contributed by atoms with Gasteiger partial charge in [-0.2, -0.15) is 0 Å². The van der Waals surface area contributed by atoms with Gasteiger partial charge in [0.25, 0.3) is 0 Å². The van der Waals surface area contributed by atoms with Gasteiger partial charge in [0, 0.05) is 36.8 Å². The standard InChI is InChI=1S/C15H16ClN3O2/c16-12-3-1-11(2-4-12)15-18-13(10-21-15)9-14(20)19-7-5-17-6-8-19/h1-4,10,17H,5-9H2. The van der Waals surface area contributed by atoms with Crippen molar-refractivity contribution in [3.63, 3.8) is 0 Å². The molecule has 1 aliphatic heterocycles. The van der Waals surface area contributed by atoms with Crippen molar-refractivity contribution >= 4 is 17.5 Å². The Bertz CT molecular complexity index is 618. The molecule has 0 bridgehead atoms. The third-order valence-electron chi connectivity index (χ3n) is 3.44. The van der Waals surface area contributed by atoms with Crippen LogP contribution in [0.25, 0.3) is 11.5 Å². The van der Waals surface area contributed by atoms with Crippen LogP contribution in [0, 0.1) is 0 Å². The monoisotopic (exact) mass is 305 g/mol. The highest BCUT2D eigenvalue weighted by Gasteiger charge is 2.18. The van der Waals surface area contributed by atoms with Gasteiger partial charge in [-0.05, 0) is 24.3 Å². The van der Waals surface area contributed by atoms with Crippen LogP contribution in [0.5, 0.6) is 0 Å². The van der Waals surface area contributed by atoms with E-state index in [-0.39, 0.29) is 12.3 Å². The number of rotatable bonds is 3. The summed E-state index contributed by atoms with van der Waals surface area (Å²) in [6, 6.07) is 7.26. The minimum atomic E-state index is 0.0902. The van der Waals surface area contributed by atoms with Crippen LogP contribution in [0.15, 0.2) is 34.9 Å². The Morgan fingerprint density at radius 2 is 2.00 bits per heavy atom. The second-order valence-corrected chi connectivity index (χ2v) is 5.39. The Balaban J connectivity index is 1.67. The molecule has 0 aliphatic carbocycles. The molecule has 2 aromatic rings. The molecule has 1 amide bonds. The Morgan fingerprint density at radius 1 is 1.29 bits per heavy atom. The normalized spacial score (nSPS) is 15.2. The summed E-state index contributed by atoms with van der Waals surface area (Å²) < 4.78 is 5.44. The van der Waals surface area contributed by atoms with E-state index in [4.69, 9.17) is 16.0 Å². The third-order valence-corrected chi connectivity index (χ3v) is 3.70. The van der Waals surface area contributed by atoms with Crippen LogP contribution in [-0.2, 0) is 11.2 Å².